The van der Waals surface area contributed by atoms with Crippen LogP contribution in [0.25, 0.3) is 0 Å². The minimum atomic E-state index is -4.45. The number of benzene rings is 2. The van der Waals surface area contributed by atoms with E-state index in [9.17, 15) is 23.1 Å². The predicted octanol–water partition coefficient (Wildman–Crippen LogP) is 5.03. The van der Waals surface area contributed by atoms with Gasteiger partial charge in [-0.2, -0.15) is 18.2 Å². The second kappa shape index (κ2) is 9.17. The molecular weight excluding hydrogens is 535 g/mol. The van der Waals surface area contributed by atoms with E-state index in [4.69, 9.17) is 4.52 Å². The topological polar surface area (TPSA) is 88.2 Å². The third-order valence-electron chi connectivity index (χ3n) is 4.08. The molecule has 3 aromatic rings. The zero-order valence-corrected chi connectivity index (χ0v) is 18.3. The van der Waals surface area contributed by atoms with E-state index in [1.54, 1.807) is 12.1 Å². The largest absolute Gasteiger partial charge is 0.506 e. The number of hydrogen-bond acceptors (Lipinski definition) is 5. The van der Waals surface area contributed by atoms with E-state index >= 15 is 0 Å². The Labute approximate surface area is 185 Å². The molecule has 1 amide bonds. The van der Waals surface area contributed by atoms with Crippen LogP contribution in [-0.4, -0.2) is 21.2 Å². The molecular formula is C19H14Br2F3N3O3. The molecule has 0 bridgehead atoms. The molecule has 0 saturated heterocycles. The highest BCUT2D eigenvalue weighted by molar-refractivity contribution is 9.11. The van der Waals surface area contributed by atoms with E-state index in [2.05, 4.69) is 47.3 Å². The first kappa shape index (κ1) is 22.3. The number of nitrogens with zero attached hydrogens (tertiary/aromatic N) is 2. The first-order valence-corrected chi connectivity index (χ1v) is 10.2. The van der Waals surface area contributed by atoms with Gasteiger partial charge in [0, 0.05) is 13.0 Å². The third kappa shape index (κ3) is 5.60. The maximum Gasteiger partial charge on any atom is 0.416 e. The molecule has 0 fully saturated rings. The van der Waals surface area contributed by atoms with Crippen molar-refractivity contribution in [2.24, 2.45) is 0 Å². The first-order chi connectivity index (χ1) is 14.1. The minimum absolute atomic E-state index is 0.0954. The number of phenolic OH excluding ortho intramolecular Hbond substituents is 1. The summed E-state index contributed by atoms with van der Waals surface area (Å²) >= 11 is 6.51. The molecule has 0 aliphatic rings. The minimum Gasteiger partial charge on any atom is -0.506 e. The molecule has 158 valence electrons. The normalized spacial score (nSPS) is 11.5. The summed E-state index contributed by atoms with van der Waals surface area (Å²) in [5.41, 5.74) is 0.398. The van der Waals surface area contributed by atoms with Crippen LogP contribution in [-0.2, 0) is 25.6 Å². The number of amides is 1. The highest BCUT2D eigenvalue weighted by Gasteiger charge is 2.30. The van der Waals surface area contributed by atoms with Crippen molar-refractivity contribution in [1.29, 1.82) is 0 Å². The van der Waals surface area contributed by atoms with Crippen LogP contribution in [0.4, 0.5) is 13.2 Å². The summed E-state index contributed by atoms with van der Waals surface area (Å²) in [6, 6.07) is 8.18. The van der Waals surface area contributed by atoms with Crippen LogP contribution in [0.1, 0.15) is 33.2 Å². The lowest BCUT2D eigenvalue weighted by Crippen LogP contribution is -2.23. The van der Waals surface area contributed by atoms with E-state index < -0.39 is 17.6 Å². The van der Waals surface area contributed by atoms with Crippen molar-refractivity contribution in [3.8, 4) is 5.75 Å². The summed E-state index contributed by atoms with van der Waals surface area (Å²) in [5.74, 6) is -0.552. The Kier molecular flexibility index (Phi) is 6.81. The van der Waals surface area contributed by atoms with Crippen molar-refractivity contribution < 1.29 is 27.6 Å². The maximum absolute atomic E-state index is 12.8. The van der Waals surface area contributed by atoms with Crippen LogP contribution in [0.5, 0.6) is 5.75 Å². The highest BCUT2D eigenvalue weighted by Crippen LogP contribution is 2.33. The lowest BCUT2D eigenvalue weighted by Gasteiger charge is -2.08. The Hall–Kier alpha value is -2.40. The molecule has 0 atom stereocenters. The van der Waals surface area contributed by atoms with Gasteiger partial charge in [-0.1, -0.05) is 17.3 Å². The van der Waals surface area contributed by atoms with Crippen LogP contribution in [0.3, 0.4) is 0 Å². The summed E-state index contributed by atoms with van der Waals surface area (Å²) in [4.78, 5) is 16.2. The number of halogens is 5. The van der Waals surface area contributed by atoms with Crippen molar-refractivity contribution in [2.45, 2.75) is 25.6 Å². The number of rotatable bonds is 6. The van der Waals surface area contributed by atoms with Gasteiger partial charge in [0.1, 0.15) is 5.75 Å². The molecule has 0 aliphatic heterocycles. The van der Waals surface area contributed by atoms with Gasteiger partial charge in [-0.05, 0) is 73.7 Å². The Morgan fingerprint density at radius 1 is 1.10 bits per heavy atom. The standard InChI is InChI=1S/C19H14Br2F3N3O3/c20-13-7-10(8-14(21)16(13)28)4-5-15-26-18(30-27-15)17(29)25-9-11-2-1-3-12(6-11)19(22,23)24/h1-3,6-8,28H,4-5,9H2,(H,25,29). The van der Waals surface area contributed by atoms with Gasteiger partial charge in [0.25, 0.3) is 0 Å². The first-order valence-electron chi connectivity index (χ1n) is 8.57. The van der Waals surface area contributed by atoms with Gasteiger partial charge in [-0.15, -0.1) is 0 Å². The maximum atomic E-state index is 12.8. The molecule has 1 heterocycles. The molecule has 0 spiro atoms. The van der Waals surface area contributed by atoms with E-state index in [0.717, 1.165) is 17.7 Å². The van der Waals surface area contributed by atoms with Crippen molar-refractivity contribution in [3.63, 3.8) is 0 Å². The van der Waals surface area contributed by atoms with Crippen molar-refractivity contribution in [3.05, 3.63) is 73.7 Å². The molecule has 0 unspecified atom stereocenters. The zero-order valence-electron chi connectivity index (χ0n) is 15.1. The van der Waals surface area contributed by atoms with Crippen LogP contribution in [0.2, 0.25) is 0 Å². The Bertz CT molecular complexity index is 1050. The fourth-order valence-electron chi connectivity index (χ4n) is 2.58. The molecule has 2 N–H and O–H groups in total. The van der Waals surface area contributed by atoms with Gasteiger partial charge in [0.15, 0.2) is 5.82 Å². The Morgan fingerprint density at radius 3 is 2.47 bits per heavy atom. The number of nitrogens with one attached hydrogen (secondary N) is 1. The van der Waals surface area contributed by atoms with Gasteiger partial charge in [-0.3, -0.25) is 4.79 Å². The fraction of sp³-hybridized carbons (Fsp3) is 0.211. The van der Waals surface area contributed by atoms with E-state index in [0.29, 0.717) is 33.2 Å². The Morgan fingerprint density at radius 2 is 1.80 bits per heavy atom. The lowest BCUT2D eigenvalue weighted by atomic mass is 10.1. The summed E-state index contributed by atoms with van der Waals surface area (Å²) < 4.78 is 44.3. The molecule has 1 aromatic heterocycles. The molecule has 30 heavy (non-hydrogen) atoms. The molecule has 0 aliphatic carbocycles. The summed E-state index contributed by atoms with van der Waals surface area (Å²) in [6.07, 6.45) is -3.54. The second-order valence-corrected chi connectivity index (χ2v) is 8.01. The molecule has 11 heteroatoms. The smallest absolute Gasteiger partial charge is 0.416 e. The zero-order chi connectivity index (χ0) is 21.9. The number of hydrogen-bond donors (Lipinski definition) is 2. The highest BCUT2D eigenvalue weighted by atomic mass is 79.9. The number of aromatic hydroxyl groups is 1. The molecule has 2 aromatic carbocycles. The number of carbonyl (C=O) groups is 1. The van der Waals surface area contributed by atoms with Gasteiger partial charge in [-0.25, -0.2) is 0 Å². The fourth-order valence-corrected chi connectivity index (χ4v) is 3.86. The van der Waals surface area contributed by atoms with Crippen LogP contribution in [0.15, 0.2) is 49.9 Å². The third-order valence-corrected chi connectivity index (χ3v) is 5.29. The average molecular weight is 549 g/mol. The molecule has 3 rings (SSSR count). The average Bonchev–Trinajstić information content (AvgIpc) is 3.17. The van der Waals surface area contributed by atoms with Crippen molar-refractivity contribution in [1.82, 2.24) is 15.5 Å². The van der Waals surface area contributed by atoms with Gasteiger partial charge in [0.05, 0.1) is 14.5 Å². The van der Waals surface area contributed by atoms with Gasteiger partial charge in [0.2, 0.25) is 0 Å². The number of aromatic nitrogens is 2. The Balaban J connectivity index is 1.57. The van der Waals surface area contributed by atoms with E-state index in [-0.39, 0.29) is 18.2 Å². The number of aryl methyl sites for hydroxylation is 2. The number of carbonyl (C=O) groups excluding carboxylic acids is 1. The second-order valence-electron chi connectivity index (χ2n) is 6.30. The van der Waals surface area contributed by atoms with Crippen LogP contribution in [0, 0.1) is 0 Å². The van der Waals surface area contributed by atoms with Crippen LogP contribution >= 0.6 is 31.9 Å². The number of alkyl halides is 3. The SMILES string of the molecule is O=C(NCc1cccc(C(F)(F)F)c1)c1nc(CCc2cc(Br)c(O)c(Br)c2)no1. The van der Waals surface area contributed by atoms with Crippen molar-refractivity contribution >= 4 is 37.8 Å². The van der Waals surface area contributed by atoms with E-state index in [1.807, 2.05) is 0 Å². The van der Waals surface area contributed by atoms with Crippen molar-refractivity contribution in [2.75, 3.05) is 0 Å². The summed E-state index contributed by atoms with van der Waals surface area (Å²) in [7, 11) is 0. The number of phenols is 1. The lowest BCUT2D eigenvalue weighted by molar-refractivity contribution is -0.137. The predicted molar refractivity (Wildman–Crippen MR) is 108 cm³/mol. The van der Waals surface area contributed by atoms with E-state index in [1.165, 1.54) is 12.1 Å². The monoisotopic (exact) mass is 547 g/mol. The summed E-state index contributed by atoms with van der Waals surface area (Å²) in [5, 5.41) is 15.9. The summed E-state index contributed by atoms with van der Waals surface area (Å²) in [6.45, 7) is -0.115. The molecule has 6 nitrogen and oxygen atoms in total. The van der Waals surface area contributed by atoms with Crippen LogP contribution < -0.4 is 5.32 Å². The van der Waals surface area contributed by atoms with Gasteiger partial charge < -0.3 is 14.9 Å². The molecule has 0 saturated carbocycles. The van der Waals surface area contributed by atoms with Gasteiger partial charge >= 0.3 is 18.0 Å². The quantitative estimate of drug-likeness (QED) is 0.451. The molecule has 0 radical (unpaired) electrons.